The maximum Gasteiger partial charge on any atom is 0.255 e. The lowest BCUT2D eigenvalue weighted by molar-refractivity contribution is -0.0969. The molecule has 0 bridgehead atoms. The first-order valence-electron chi connectivity index (χ1n) is 9.52. The molecule has 0 aliphatic carbocycles. The fraction of sp³-hybridized carbons (Fsp3) is 0.476. The van der Waals surface area contributed by atoms with Crippen molar-refractivity contribution in [1.29, 1.82) is 0 Å². The highest BCUT2D eigenvalue weighted by atomic mass is 35.5. The van der Waals surface area contributed by atoms with E-state index in [2.05, 4.69) is 4.57 Å². The third-order valence-corrected chi connectivity index (χ3v) is 5.78. The van der Waals surface area contributed by atoms with Gasteiger partial charge in [-0.2, -0.15) is 0 Å². The Morgan fingerprint density at radius 1 is 1.15 bits per heavy atom. The molecular weight excluding hydrogens is 364 g/mol. The van der Waals surface area contributed by atoms with Gasteiger partial charge in [0.1, 0.15) is 0 Å². The van der Waals surface area contributed by atoms with Crippen molar-refractivity contribution in [2.24, 2.45) is 5.92 Å². The lowest BCUT2D eigenvalue weighted by atomic mass is 9.96. The molecule has 1 atom stereocenters. The van der Waals surface area contributed by atoms with Crippen LogP contribution in [0.15, 0.2) is 30.3 Å². The molecule has 144 valence electrons. The summed E-state index contributed by atoms with van der Waals surface area (Å²) in [6.07, 6.45) is 1.86. The Bertz CT molecular complexity index is 825. The number of hydrogen-bond acceptors (Lipinski definition) is 3. The fourth-order valence-electron chi connectivity index (χ4n) is 4.20. The van der Waals surface area contributed by atoms with E-state index in [-0.39, 0.29) is 18.1 Å². The quantitative estimate of drug-likeness (QED) is 0.799. The topological polar surface area (TPSA) is 43.7 Å². The van der Waals surface area contributed by atoms with E-state index in [0.29, 0.717) is 24.8 Å². The fourth-order valence-corrected chi connectivity index (χ4v) is 4.33. The van der Waals surface area contributed by atoms with Gasteiger partial charge in [-0.25, -0.2) is 0 Å². The van der Waals surface area contributed by atoms with Crippen LogP contribution < -0.4 is 0 Å². The number of carbonyl (C=O) groups is 1. The number of likely N-dealkylation sites (tertiary alicyclic amines) is 1. The lowest BCUT2D eigenvalue weighted by Gasteiger charge is -2.34. The van der Waals surface area contributed by atoms with Crippen LogP contribution >= 0.6 is 11.6 Å². The normalized spacial score (nSPS) is 21.0. The smallest absolute Gasteiger partial charge is 0.255 e. The number of hydrogen-bond donors (Lipinski definition) is 0. The van der Waals surface area contributed by atoms with Gasteiger partial charge < -0.3 is 18.9 Å². The van der Waals surface area contributed by atoms with Gasteiger partial charge in [-0.3, -0.25) is 4.79 Å². The summed E-state index contributed by atoms with van der Waals surface area (Å²) in [5.41, 5.74) is 3.76. The molecule has 1 amide bonds. The molecule has 2 aliphatic rings. The number of aryl methyl sites for hydroxylation is 1. The maximum absolute atomic E-state index is 13.2. The monoisotopic (exact) mass is 388 g/mol. The number of halogens is 1. The first kappa shape index (κ1) is 18.5. The molecule has 5 nitrogen and oxygen atoms in total. The van der Waals surface area contributed by atoms with Gasteiger partial charge in [0.05, 0.1) is 18.8 Å². The summed E-state index contributed by atoms with van der Waals surface area (Å²) >= 11 is 6.01. The van der Waals surface area contributed by atoms with Crippen molar-refractivity contribution in [3.63, 3.8) is 0 Å². The molecule has 1 aromatic heterocycles. The molecule has 1 aromatic carbocycles. The zero-order valence-corrected chi connectivity index (χ0v) is 16.5. The first-order chi connectivity index (χ1) is 13.0. The molecule has 2 aromatic rings. The van der Waals surface area contributed by atoms with Crippen LogP contribution in [0.1, 0.15) is 34.6 Å². The van der Waals surface area contributed by atoms with Crippen LogP contribution in [0, 0.1) is 19.8 Å². The predicted octanol–water partition coefficient (Wildman–Crippen LogP) is 3.97. The second-order valence-electron chi connectivity index (χ2n) is 7.36. The van der Waals surface area contributed by atoms with E-state index in [4.69, 9.17) is 21.1 Å². The molecule has 2 fully saturated rings. The molecule has 0 N–H and O–H groups in total. The van der Waals surface area contributed by atoms with Gasteiger partial charge in [0.2, 0.25) is 0 Å². The number of nitrogens with zero attached hydrogens (tertiary/aromatic N) is 2. The zero-order chi connectivity index (χ0) is 19.0. The van der Waals surface area contributed by atoms with E-state index in [1.54, 1.807) is 0 Å². The van der Waals surface area contributed by atoms with Crippen LogP contribution in [0.4, 0.5) is 0 Å². The molecule has 1 unspecified atom stereocenters. The Morgan fingerprint density at radius 2 is 1.85 bits per heavy atom. The highest BCUT2D eigenvalue weighted by Gasteiger charge is 2.33. The number of benzene rings is 1. The minimum Gasteiger partial charge on any atom is -0.350 e. The van der Waals surface area contributed by atoms with Crippen molar-refractivity contribution in [3.8, 4) is 5.69 Å². The molecule has 2 aliphatic heterocycles. The number of ether oxygens (including phenoxy) is 2. The minimum atomic E-state index is -0.165. The average molecular weight is 389 g/mol. The van der Waals surface area contributed by atoms with E-state index in [9.17, 15) is 4.79 Å². The van der Waals surface area contributed by atoms with Gasteiger partial charge >= 0.3 is 0 Å². The molecule has 0 spiro atoms. The van der Waals surface area contributed by atoms with E-state index < -0.39 is 0 Å². The summed E-state index contributed by atoms with van der Waals surface area (Å²) in [6.45, 7) is 6.80. The van der Waals surface area contributed by atoms with Gasteiger partial charge in [0, 0.05) is 41.1 Å². The Balaban J connectivity index is 1.57. The summed E-state index contributed by atoms with van der Waals surface area (Å²) in [5, 5.41) is 0.702. The van der Waals surface area contributed by atoms with Crippen molar-refractivity contribution >= 4 is 17.5 Å². The van der Waals surface area contributed by atoms with Crippen molar-refractivity contribution in [3.05, 3.63) is 52.3 Å². The third kappa shape index (κ3) is 3.64. The summed E-state index contributed by atoms with van der Waals surface area (Å²) < 4.78 is 13.4. The average Bonchev–Trinajstić information content (AvgIpc) is 3.31. The Hall–Kier alpha value is -1.82. The summed E-state index contributed by atoms with van der Waals surface area (Å²) in [5.74, 6) is 0.343. The van der Waals surface area contributed by atoms with Gasteiger partial charge in [-0.05, 0) is 57.0 Å². The molecule has 27 heavy (non-hydrogen) atoms. The molecule has 3 heterocycles. The second-order valence-corrected chi connectivity index (χ2v) is 7.80. The SMILES string of the molecule is Cc1cc(C(=O)N2CCCC(C3OCCO3)C2)c(C)n1-c1ccc(Cl)cc1. The van der Waals surface area contributed by atoms with Gasteiger partial charge in [0.15, 0.2) is 6.29 Å². The molecule has 0 radical (unpaired) electrons. The van der Waals surface area contributed by atoms with E-state index >= 15 is 0 Å². The molecule has 6 heteroatoms. The van der Waals surface area contributed by atoms with Crippen LogP contribution in [0.5, 0.6) is 0 Å². The van der Waals surface area contributed by atoms with Gasteiger partial charge in [-0.15, -0.1) is 0 Å². The van der Waals surface area contributed by atoms with Crippen molar-refractivity contribution in [2.75, 3.05) is 26.3 Å². The number of piperidine rings is 1. The number of aromatic nitrogens is 1. The van der Waals surface area contributed by atoms with Gasteiger partial charge in [-0.1, -0.05) is 11.6 Å². The predicted molar refractivity (Wildman–Crippen MR) is 105 cm³/mol. The summed E-state index contributed by atoms with van der Waals surface area (Å²) in [6, 6.07) is 9.67. The standard InChI is InChI=1S/C21H25ClN2O3/c1-14-12-19(15(2)24(14)18-7-5-17(22)6-8-18)20(25)23-9-3-4-16(13-23)21-26-10-11-27-21/h5-8,12,16,21H,3-4,9-11,13H2,1-2H3. The van der Waals surface area contributed by atoms with Crippen molar-refractivity contribution in [1.82, 2.24) is 9.47 Å². The van der Waals surface area contributed by atoms with Crippen LogP contribution in [-0.4, -0.2) is 48.0 Å². The van der Waals surface area contributed by atoms with Crippen molar-refractivity contribution < 1.29 is 14.3 Å². The largest absolute Gasteiger partial charge is 0.350 e. The second kappa shape index (κ2) is 7.66. The Kier molecular flexibility index (Phi) is 5.26. The van der Waals surface area contributed by atoms with E-state index in [1.165, 1.54) is 0 Å². The lowest BCUT2D eigenvalue weighted by Crippen LogP contribution is -2.44. The van der Waals surface area contributed by atoms with Crippen LogP contribution in [0.3, 0.4) is 0 Å². The van der Waals surface area contributed by atoms with Crippen LogP contribution in [0.25, 0.3) is 5.69 Å². The molecular formula is C21H25ClN2O3. The first-order valence-corrected chi connectivity index (χ1v) is 9.90. The molecule has 0 saturated carbocycles. The van der Waals surface area contributed by atoms with Gasteiger partial charge in [0.25, 0.3) is 5.91 Å². The Morgan fingerprint density at radius 3 is 2.56 bits per heavy atom. The van der Waals surface area contributed by atoms with E-state index in [0.717, 1.165) is 42.0 Å². The third-order valence-electron chi connectivity index (χ3n) is 5.52. The Labute approximate surface area is 164 Å². The highest BCUT2D eigenvalue weighted by Crippen LogP contribution is 2.28. The summed E-state index contributed by atoms with van der Waals surface area (Å²) in [7, 11) is 0. The molecule has 4 rings (SSSR count). The van der Waals surface area contributed by atoms with Crippen molar-refractivity contribution in [2.45, 2.75) is 33.0 Å². The summed E-state index contributed by atoms with van der Waals surface area (Å²) in [4.78, 5) is 15.2. The van der Waals surface area contributed by atoms with Crippen LogP contribution in [-0.2, 0) is 9.47 Å². The molecule has 2 saturated heterocycles. The maximum atomic E-state index is 13.2. The highest BCUT2D eigenvalue weighted by molar-refractivity contribution is 6.30. The number of rotatable bonds is 3. The minimum absolute atomic E-state index is 0.0889. The van der Waals surface area contributed by atoms with E-state index in [1.807, 2.05) is 49.1 Å². The number of amides is 1. The number of carbonyl (C=O) groups excluding carboxylic acids is 1. The zero-order valence-electron chi connectivity index (χ0n) is 15.8. The van der Waals surface area contributed by atoms with Crippen LogP contribution in [0.2, 0.25) is 5.02 Å².